The van der Waals surface area contributed by atoms with Crippen molar-refractivity contribution in [1.29, 1.82) is 0 Å². The zero-order chi connectivity index (χ0) is 10.6. The van der Waals surface area contributed by atoms with Gasteiger partial charge in [0.2, 0.25) is 0 Å². The summed E-state index contributed by atoms with van der Waals surface area (Å²) in [6.45, 7) is 8.03. The predicted molar refractivity (Wildman–Crippen MR) is 62.4 cm³/mol. The summed E-state index contributed by atoms with van der Waals surface area (Å²) in [5, 5.41) is 7.29. The monoisotopic (exact) mass is 216 g/mol. The standard InChI is InChI=1S/C10H20N2OS/c1-7(2)11-10(14)12-9-4-5-13-6-8(9)3/h7-9H,4-6H2,1-3H3,(H2,11,12,14). The molecule has 0 aromatic rings. The van der Waals surface area contributed by atoms with Crippen LogP contribution in [0.25, 0.3) is 0 Å². The van der Waals surface area contributed by atoms with Gasteiger partial charge in [0.25, 0.3) is 0 Å². The van der Waals surface area contributed by atoms with Crippen LogP contribution in [0, 0.1) is 5.92 Å². The van der Waals surface area contributed by atoms with Crippen LogP contribution in [0.3, 0.4) is 0 Å². The van der Waals surface area contributed by atoms with E-state index in [0.717, 1.165) is 24.7 Å². The fourth-order valence-corrected chi connectivity index (χ4v) is 1.95. The van der Waals surface area contributed by atoms with Gasteiger partial charge in [0.15, 0.2) is 5.11 Å². The molecule has 82 valence electrons. The first-order chi connectivity index (χ1) is 6.59. The minimum absolute atomic E-state index is 0.394. The lowest BCUT2D eigenvalue weighted by Gasteiger charge is -2.31. The normalized spacial score (nSPS) is 27.4. The number of hydrogen-bond donors (Lipinski definition) is 2. The van der Waals surface area contributed by atoms with Crippen LogP contribution in [0.15, 0.2) is 0 Å². The van der Waals surface area contributed by atoms with Crippen LogP contribution in [0.4, 0.5) is 0 Å². The molecule has 1 aliphatic rings. The summed E-state index contributed by atoms with van der Waals surface area (Å²) in [5.74, 6) is 0.538. The molecule has 1 heterocycles. The second kappa shape index (κ2) is 5.51. The molecule has 0 aliphatic carbocycles. The second-order valence-electron chi connectivity index (χ2n) is 4.22. The lowest BCUT2D eigenvalue weighted by Crippen LogP contribution is -2.49. The third kappa shape index (κ3) is 3.80. The van der Waals surface area contributed by atoms with Gasteiger partial charge in [-0.25, -0.2) is 0 Å². The Hall–Kier alpha value is -0.350. The van der Waals surface area contributed by atoms with E-state index < -0.39 is 0 Å². The zero-order valence-corrected chi connectivity index (χ0v) is 9.99. The summed E-state index contributed by atoms with van der Waals surface area (Å²) < 4.78 is 5.37. The lowest BCUT2D eigenvalue weighted by atomic mass is 9.98. The first-order valence-corrected chi connectivity index (χ1v) is 5.65. The number of hydrogen-bond acceptors (Lipinski definition) is 2. The van der Waals surface area contributed by atoms with E-state index in [0.29, 0.717) is 18.0 Å². The van der Waals surface area contributed by atoms with Crippen molar-refractivity contribution in [1.82, 2.24) is 10.6 Å². The highest BCUT2D eigenvalue weighted by Crippen LogP contribution is 2.13. The van der Waals surface area contributed by atoms with Crippen molar-refractivity contribution in [2.45, 2.75) is 39.3 Å². The van der Waals surface area contributed by atoms with Crippen LogP contribution in [-0.4, -0.2) is 30.4 Å². The van der Waals surface area contributed by atoms with E-state index in [-0.39, 0.29) is 0 Å². The highest BCUT2D eigenvalue weighted by atomic mass is 32.1. The van der Waals surface area contributed by atoms with Crippen molar-refractivity contribution in [2.75, 3.05) is 13.2 Å². The summed E-state index contributed by atoms with van der Waals surface area (Å²) in [6, 6.07) is 0.854. The van der Waals surface area contributed by atoms with Crippen molar-refractivity contribution in [2.24, 2.45) is 5.92 Å². The van der Waals surface area contributed by atoms with E-state index in [2.05, 4.69) is 31.4 Å². The summed E-state index contributed by atoms with van der Waals surface area (Å²) >= 11 is 5.20. The van der Waals surface area contributed by atoms with E-state index in [4.69, 9.17) is 17.0 Å². The highest BCUT2D eigenvalue weighted by molar-refractivity contribution is 7.80. The molecule has 0 aromatic heterocycles. The molecule has 0 spiro atoms. The van der Waals surface area contributed by atoms with Gasteiger partial charge in [0.1, 0.15) is 0 Å². The third-order valence-corrected chi connectivity index (χ3v) is 2.61. The largest absolute Gasteiger partial charge is 0.381 e. The van der Waals surface area contributed by atoms with Gasteiger partial charge in [-0.1, -0.05) is 6.92 Å². The molecular formula is C10H20N2OS. The van der Waals surface area contributed by atoms with E-state index >= 15 is 0 Å². The van der Waals surface area contributed by atoms with Crippen LogP contribution < -0.4 is 10.6 Å². The van der Waals surface area contributed by atoms with Crippen molar-refractivity contribution in [3.8, 4) is 0 Å². The maximum Gasteiger partial charge on any atom is 0.166 e. The van der Waals surface area contributed by atoms with E-state index in [1.807, 2.05) is 0 Å². The molecule has 0 bridgehead atoms. The fraction of sp³-hybridized carbons (Fsp3) is 0.900. The average molecular weight is 216 g/mol. The Morgan fingerprint density at radius 2 is 2.21 bits per heavy atom. The molecule has 2 unspecified atom stereocenters. The summed E-state index contributed by atoms with van der Waals surface area (Å²) in [6.07, 6.45) is 1.04. The summed E-state index contributed by atoms with van der Waals surface area (Å²) in [4.78, 5) is 0. The maximum atomic E-state index is 5.37. The maximum absolute atomic E-state index is 5.37. The molecule has 0 saturated carbocycles. The molecule has 2 atom stereocenters. The minimum Gasteiger partial charge on any atom is -0.381 e. The Bertz CT molecular complexity index is 197. The zero-order valence-electron chi connectivity index (χ0n) is 9.17. The van der Waals surface area contributed by atoms with E-state index in [1.165, 1.54) is 0 Å². The SMILES string of the molecule is CC(C)NC(=S)NC1CCOCC1C. The predicted octanol–water partition coefficient (Wildman–Crippen LogP) is 1.28. The second-order valence-corrected chi connectivity index (χ2v) is 4.63. The smallest absolute Gasteiger partial charge is 0.166 e. The molecule has 0 radical (unpaired) electrons. The Labute approximate surface area is 91.6 Å². The molecule has 0 aromatic carbocycles. The Morgan fingerprint density at radius 3 is 2.79 bits per heavy atom. The summed E-state index contributed by atoms with van der Waals surface area (Å²) in [5.41, 5.74) is 0. The molecule has 1 rings (SSSR count). The van der Waals surface area contributed by atoms with Crippen molar-refractivity contribution in [3.05, 3.63) is 0 Å². The molecule has 14 heavy (non-hydrogen) atoms. The molecule has 3 nitrogen and oxygen atoms in total. The fourth-order valence-electron chi connectivity index (χ4n) is 1.57. The van der Waals surface area contributed by atoms with Crippen LogP contribution in [0.5, 0.6) is 0 Å². The molecule has 4 heteroatoms. The van der Waals surface area contributed by atoms with Gasteiger partial charge in [0.05, 0.1) is 6.61 Å². The van der Waals surface area contributed by atoms with Crippen LogP contribution in [-0.2, 0) is 4.74 Å². The minimum atomic E-state index is 0.394. The van der Waals surface area contributed by atoms with Gasteiger partial charge in [-0.15, -0.1) is 0 Å². The molecule has 2 N–H and O–H groups in total. The molecule has 1 saturated heterocycles. The first-order valence-electron chi connectivity index (χ1n) is 5.24. The lowest BCUT2D eigenvalue weighted by molar-refractivity contribution is 0.0440. The molecule has 0 amide bonds. The number of rotatable bonds is 2. The number of ether oxygens (including phenoxy) is 1. The quantitative estimate of drug-likeness (QED) is 0.681. The average Bonchev–Trinajstić information content (AvgIpc) is 2.07. The van der Waals surface area contributed by atoms with Gasteiger partial charge in [-0.3, -0.25) is 0 Å². The summed E-state index contributed by atoms with van der Waals surface area (Å²) in [7, 11) is 0. The highest BCUT2D eigenvalue weighted by Gasteiger charge is 2.22. The van der Waals surface area contributed by atoms with Gasteiger partial charge >= 0.3 is 0 Å². The third-order valence-electron chi connectivity index (χ3n) is 2.38. The van der Waals surface area contributed by atoms with Crippen molar-refractivity contribution in [3.63, 3.8) is 0 Å². The Balaban J connectivity index is 2.31. The molecule has 1 aliphatic heterocycles. The van der Waals surface area contributed by atoms with Crippen molar-refractivity contribution < 1.29 is 4.74 Å². The molecular weight excluding hydrogens is 196 g/mol. The Kier molecular flexibility index (Phi) is 4.62. The molecule has 1 fully saturated rings. The van der Waals surface area contributed by atoms with Crippen molar-refractivity contribution >= 4 is 17.3 Å². The number of thiocarbonyl (C=S) groups is 1. The van der Waals surface area contributed by atoms with Gasteiger partial charge < -0.3 is 15.4 Å². The van der Waals surface area contributed by atoms with Gasteiger partial charge in [-0.05, 0) is 38.4 Å². The van der Waals surface area contributed by atoms with Crippen LogP contribution in [0.2, 0.25) is 0 Å². The van der Waals surface area contributed by atoms with Gasteiger partial charge in [0, 0.05) is 18.7 Å². The van der Waals surface area contributed by atoms with Crippen LogP contribution in [0.1, 0.15) is 27.2 Å². The first kappa shape index (κ1) is 11.7. The number of nitrogens with one attached hydrogen (secondary N) is 2. The van der Waals surface area contributed by atoms with Crippen LogP contribution >= 0.6 is 12.2 Å². The topological polar surface area (TPSA) is 33.3 Å². The van der Waals surface area contributed by atoms with E-state index in [9.17, 15) is 0 Å². The van der Waals surface area contributed by atoms with Gasteiger partial charge in [-0.2, -0.15) is 0 Å². The van der Waals surface area contributed by atoms with E-state index in [1.54, 1.807) is 0 Å². The Morgan fingerprint density at radius 1 is 1.50 bits per heavy atom.